The molecule has 0 rings (SSSR count). The van der Waals surface area contributed by atoms with Crippen LogP contribution in [0, 0.1) is 0 Å². The Bertz CT molecular complexity index is 400. The molecule has 0 fully saturated rings. The maximum atomic E-state index is 11.5. The minimum absolute atomic E-state index is 2.17. The highest BCUT2D eigenvalue weighted by molar-refractivity contribution is 6.33. The third kappa shape index (κ3) is 10.6. The van der Waals surface area contributed by atoms with Gasteiger partial charge in [-0.05, 0) is 0 Å². The largest absolute Gasteiger partial charge is 0.631 e. The van der Waals surface area contributed by atoms with Crippen LogP contribution in [0.2, 0.25) is 0 Å². The Morgan fingerprint density at radius 2 is 0.864 bits per heavy atom. The summed E-state index contributed by atoms with van der Waals surface area (Å²) in [6.45, 7) is 0. The molecule has 0 heterocycles. The molecular formula is C6H3BF6O9. The first kappa shape index (κ1) is 22.1. The summed E-state index contributed by atoms with van der Waals surface area (Å²) in [5, 5.41) is 21.5. The zero-order valence-electron chi connectivity index (χ0n) is 9.64. The van der Waals surface area contributed by atoms with Gasteiger partial charge < -0.3 is 24.5 Å². The summed E-state index contributed by atoms with van der Waals surface area (Å²) in [5.41, 5.74) is 0. The van der Waals surface area contributed by atoms with Crippen LogP contribution in [0.3, 0.4) is 0 Å². The zero-order chi connectivity index (χ0) is 18.3. The van der Waals surface area contributed by atoms with E-state index in [9.17, 15) is 45.5 Å². The van der Waals surface area contributed by atoms with Gasteiger partial charge in [-0.3, -0.25) is 0 Å². The molecule has 3 N–H and O–H groups in total. The summed E-state index contributed by atoms with van der Waals surface area (Å²) < 4.78 is 74.6. The molecule has 0 aromatic heterocycles. The molecule has 0 aliphatic rings. The number of ether oxygens (including phenoxy) is 2. The van der Waals surface area contributed by atoms with Gasteiger partial charge in [0.1, 0.15) is 0 Å². The van der Waals surface area contributed by atoms with E-state index >= 15 is 0 Å². The molecule has 22 heavy (non-hydrogen) atoms. The molecular weight excluding hydrogens is 341 g/mol. The van der Waals surface area contributed by atoms with Gasteiger partial charge in [-0.25, -0.2) is 19.2 Å². The van der Waals surface area contributed by atoms with Crippen LogP contribution in [0.15, 0.2) is 0 Å². The smallest absolute Gasteiger partial charge is 0.402 e. The molecule has 0 saturated heterocycles. The summed E-state index contributed by atoms with van der Waals surface area (Å²) in [6.07, 6.45) is -11.3. The van der Waals surface area contributed by atoms with Gasteiger partial charge in [0.25, 0.3) is 0 Å². The van der Waals surface area contributed by atoms with Crippen LogP contribution < -0.4 is 0 Å². The Morgan fingerprint density at radius 3 is 1.00 bits per heavy atom. The number of carbonyl (C=O) groups is 4. The minimum atomic E-state index is -5.65. The number of esters is 4. The van der Waals surface area contributed by atoms with Gasteiger partial charge in [-0.2, -0.15) is 26.3 Å². The third-order valence-corrected chi connectivity index (χ3v) is 1.00. The monoisotopic (exact) mass is 344 g/mol. The van der Waals surface area contributed by atoms with Crippen molar-refractivity contribution < 1.29 is 70.1 Å². The summed E-state index contributed by atoms with van der Waals surface area (Å²) in [6, 6.07) is 0. The van der Waals surface area contributed by atoms with Crippen molar-refractivity contribution in [3.63, 3.8) is 0 Å². The normalized spacial score (nSPS) is 10.8. The first-order valence-corrected chi connectivity index (χ1v) is 4.29. The highest BCUT2D eigenvalue weighted by Gasteiger charge is 2.46. The third-order valence-electron chi connectivity index (χ3n) is 1.00. The van der Waals surface area contributed by atoms with Gasteiger partial charge in [0.15, 0.2) is 0 Å². The van der Waals surface area contributed by atoms with Crippen molar-refractivity contribution in [3.8, 4) is 0 Å². The summed E-state index contributed by atoms with van der Waals surface area (Å²) in [5.74, 6) is -11.7. The van der Waals surface area contributed by atoms with Crippen LogP contribution >= 0.6 is 0 Å². The Morgan fingerprint density at radius 1 is 0.682 bits per heavy atom. The second-order valence-corrected chi connectivity index (χ2v) is 2.70. The van der Waals surface area contributed by atoms with Crippen LogP contribution in [0.5, 0.6) is 0 Å². The molecule has 16 heteroatoms. The fourth-order valence-electron chi connectivity index (χ4n) is 0.367. The van der Waals surface area contributed by atoms with Crippen LogP contribution in [0.1, 0.15) is 0 Å². The van der Waals surface area contributed by atoms with Crippen molar-refractivity contribution in [1.82, 2.24) is 0 Å². The Kier molecular flexibility index (Phi) is 8.33. The maximum Gasteiger partial charge on any atom is 0.631 e. The van der Waals surface area contributed by atoms with Crippen LogP contribution in [0.25, 0.3) is 0 Å². The van der Waals surface area contributed by atoms with Gasteiger partial charge in [0.05, 0.1) is 0 Å². The molecule has 0 atom stereocenters. The molecule has 126 valence electrons. The predicted octanol–water partition coefficient (Wildman–Crippen LogP) is -1.80. The quantitative estimate of drug-likeness (QED) is 0.152. The first-order chi connectivity index (χ1) is 9.59. The van der Waals surface area contributed by atoms with Crippen LogP contribution in [-0.2, 0) is 28.7 Å². The Labute approximate surface area is 115 Å². The second-order valence-electron chi connectivity index (χ2n) is 2.70. The number of alkyl halides is 6. The topological polar surface area (TPSA) is 147 Å². The van der Waals surface area contributed by atoms with Gasteiger partial charge >= 0.3 is 43.6 Å². The van der Waals surface area contributed by atoms with Crippen LogP contribution in [0.4, 0.5) is 26.3 Å². The van der Waals surface area contributed by atoms with Crippen molar-refractivity contribution in [2.24, 2.45) is 0 Å². The lowest BCUT2D eigenvalue weighted by atomic mass is 10.3. The van der Waals surface area contributed by atoms with E-state index in [1.165, 1.54) is 0 Å². The van der Waals surface area contributed by atoms with E-state index < -0.39 is 43.6 Å². The molecule has 9 nitrogen and oxygen atoms in total. The molecule has 0 radical (unpaired) electrons. The van der Waals surface area contributed by atoms with E-state index in [2.05, 4.69) is 9.47 Å². The molecule has 0 amide bonds. The SMILES string of the molecule is O=C(OC(=O)C(F)(F)F)C(=O)OC(=O)C(F)(F)F.OB(O)O. The lowest BCUT2D eigenvalue weighted by molar-refractivity contribution is -0.210. The van der Waals surface area contributed by atoms with Gasteiger partial charge in [0.2, 0.25) is 0 Å². The first-order valence-electron chi connectivity index (χ1n) is 4.29. The fraction of sp³-hybridized carbons (Fsp3) is 0.333. The highest BCUT2D eigenvalue weighted by atomic mass is 19.4. The van der Waals surface area contributed by atoms with Crippen molar-refractivity contribution in [2.75, 3.05) is 0 Å². The average molecular weight is 344 g/mol. The van der Waals surface area contributed by atoms with Crippen LogP contribution in [-0.4, -0.2) is 58.6 Å². The van der Waals surface area contributed by atoms with Crippen molar-refractivity contribution in [3.05, 3.63) is 0 Å². The molecule has 0 unspecified atom stereocenters. The maximum absolute atomic E-state index is 11.5. The van der Waals surface area contributed by atoms with E-state index in [1.807, 2.05) is 0 Å². The van der Waals surface area contributed by atoms with E-state index in [1.54, 1.807) is 0 Å². The summed E-state index contributed by atoms with van der Waals surface area (Å²) >= 11 is 0. The number of carbonyl (C=O) groups excluding carboxylic acids is 4. The standard InChI is InChI=1S/C6F6O6.BH3O3/c7-5(8,9)3(15)17-1(13)2(14)18-4(16)6(10,11)12;2-1(3)4/h;2-4H. The van der Waals surface area contributed by atoms with E-state index in [0.717, 1.165) is 0 Å². The van der Waals surface area contributed by atoms with Gasteiger partial charge in [0, 0.05) is 0 Å². The van der Waals surface area contributed by atoms with E-state index in [4.69, 9.17) is 15.1 Å². The molecule has 0 aromatic rings. The molecule has 0 spiro atoms. The van der Waals surface area contributed by atoms with Gasteiger partial charge in [-0.15, -0.1) is 0 Å². The summed E-state index contributed by atoms with van der Waals surface area (Å²) in [7, 11) is -2.17. The minimum Gasteiger partial charge on any atom is -0.402 e. The molecule has 0 bridgehead atoms. The van der Waals surface area contributed by atoms with E-state index in [-0.39, 0.29) is 0 Å². The number of hydrogen-bond acceptors (Lipinski definition) is 9. The Balaban J connectivity index is 0. The van der Waals surface area contributed by atoms with E-state index in [0.29, 0.717) is 0 Å². The number of rotatable bonds is 0. The molecule has 0 saturated carbocycles. The summed E-state index contributed by atoms with van der Waals surface area (Å²) in [4.78, 5) is 40.6. The zero-order valence-corrected chi connectivity index (χ0v) is 9.64. The second kappa shape index (κ2) is 8.30. The lowest BCUT2D eigenvalue weighted by Crippen LogP contribution is -2.35. The van der Waals surface area contributed by atoms with Crippen molar-refractivity contribution in [2.45, 2.75) is 12.4 Å². The fourth-order valence-corrected chi connectivity index (χ4v) is 0.367. The molecule has 0 aliphatic carbocycles. The van der Waals surface area contributed by atoms with Crippen molar-refractivity contribution in [1.29, 1.82) is 0 Å². The lowest BCUT2D eigenvalue weighted by Gasteiger charge is -2.06. The highest BCUT2D eigenvalue weighted by Crippen LogP contribution is 2.18. The number of halogens is 6. The van der Waals surface area contributed by atoms with Crippen molar-refractivity contribution >= 4 is 31.2 Å². The molecule has 0 aromatic carbocycles. The predicted molar refractivity (Wildman–Crippen MR) is 46.7 cm³/mol. The Hall–Kier alpha value is -2.20. The number of hydrogen-bond donors (Lipinski definition) is 3. The molecule has 0 aliphatic heterocycles. The van der Waals surface area contributed by atoms with Gasteiger partial charge in [-0.1, -0.05) is 0 Å². The average Bonchev–Trinajstić information content (AvgIpc) is 2.25.